The number of hydrogen-bond acceptors (Lipinski definition) is 7. The molecule has 6 rings (SSSR count). The smallest absolute Gasteiger partial charge is 0.319 e. The normalized spacial score (nSPS) is 29.3. The molecule has 4 heterocycles. The van der Waals surface area contributed by atoms with Gasteiger partial charge in [0.15, 0.2) is 11.5 Å². The van der Waals surface area contributed by atoms with E-state index in [1.165, 1.54) is 6.92 Å². The van der Waals surface area contributed by atoms with Crippen molar-refractivity contribution in [3.63, 3.8) is 0 Å². The minimum atomic E-state index is -0.774. The Labute approximate surface area is 199 Å². The number of carbonyl (C=O) groups is 2. The number of H-pyrrole nitrogens is 1. The van der Waals surface area contributed by atoms with E-state index >= 15 is 0 Å². The molecule has 3 aliphatic heterocycles. The average Bonchev–Trinajstić information content (AvgIpc) is 3.14. The summed E-state index contributed by atoms with van der Waals surface area (Å²) in [6.07, 6.45) is 3.40. The molecule has 5 atom stereocenters. The zero-order valence-electron chi connectivity index (χ0n) is 20.4. The Balaban J connectivity index is 1.66. The molecule has 1 N–H and O–H groups in total. The molecule has 0 radical (unpaired) electrons. The molecule has 4 unspecified atom stereocenters. The van der Waals surface area contributed by atoms with Crippen LogP contribution in [0.4, 0.5) is 0 Å². The number of esters is 2. The largest absolute Gasteiger partial charge is 0.493 e. The van der Waals surface area contributed by atoms with E-state index in [1.54, 1.807) is 14.2 Å². The molecule has 8 nitrogen and oxygen atoms in total. The second kappa shape index (κ2) is 8.80. The summed E-state index contributed by atoms with van der Waals surface area (Å²) in [6.45, 7) is 5.90. The number of methoxy groups -OCH3 is 2. The van der Waals surface area contributed by atoms with Crippen molar-refractivity contribution in [2.24, 2.45) is 11.8 Å². The first-order chi connectivity index (χ1) is 16.4. The second-order valence-corrected chi connectivity index (χ2v) is 9.81. The van der Waals surface area contributed by atoms with Crippen LogP contribution in [0.1, 0.15) is 44.4 Å². The van der Waals surface area contributed by atoms with Crippen molar-refractivity contribution in [3.8, 4) is 11.5 Å². The molecule has 34 heavy (non-hydrogen) atoms. The summed E-state index contributed by atoms with van der Waals surface area (Å²) in [4.78, 5) is 31.4. The average molecular weight is 471 g/mol. The first kappa shape index (κ1) is 23.0. The third-order valence-electron chi connectivity index (χ3n) is 8.02. The molecule has 1 aromatic heterocycles. The van der Waals surface area contributed by atoms with Crippen LogP contribution < -0.4 is 9.47 Å². The van der Waals surface area contributed by atoms with Gasteiger partial charge < -0.3 is 23.9 Å². The predicted octanol–water partition coefficient (Wildman–Crippen LogP) is 3.21. The van der Waals surface area contributed by atoms with E-state index in [1.807, 2.05) is 19.1 Å². The lowest BCUT2D eigenvalue weighted by molar-refractivity contribution is -0.166. The maximum atomic E-state index is 13.9. The molecule has 1 aromatic carbocycles. The van der Waals surface area contributed by atoms with Crippen LogP contribution in [0, 0.1) is 11.8 Å². The zero-order chi connectivity index (χ0) is 24.0. The minimum absolute atomic E-state index is 0.00483. The quantitative estimate of drug-likeness (QED) is 0.622. The molecule has 0 amide bonds. The highest BCUT2D eigenvalue weighted by molar-refractivity contribution is 5.93. The molecule has 0 spiro atoms. The number of aromatic amines is 1. The van der Waals surface area contributed by atoms with Gasteiger partial charge in [-0.1, -0.05) is 0 Å². The van der Waals surface area contributed by atoms with Crippen LogP contribution in [0.25, 0.3) is 10.9 Å². The van der Waals surface area contributed by atoms with Gasteiger partial charge in [-0.2, -0.15) is 0 Å². The third-order valence-corrected chi connectivity index (χ3v) is 8.02. The Hall–Kier alpha value is -2.74. The minimum Gasteiger partial charge on any atom is -0.493 e. The Morgan fingerprint density at radius 3 is 2.65 bits per heavy atom. The summed E-state index contributed by atoms with van der Waals surface area (Å²) in [7, 11) is 3.27. The fourth-order valence-corrected chi connectivity index (χ4v) is 6.96. The van der Waals surface area contributed by atoms with Gasteiger partial charge in [0, 0.05) is 48.7 Å². The van der Waals surface area contributed by atoms with E-state index in [9.17, 15) is 9.59 Å². The number of fused-ring (bicyclic) bond motifs is 4. The molecule has 184 valence electrons. The summed E-state index contributed by atoms with van der Waals surface area (Å²) in [5.74, 6) is 1.55. The molecule has 1 saturated carbocycles. The predicted molar refractivity (Wildman–Crippen MR) is 126 cm³/mol. The van der Waals surface area contributed by atoms with Gasteiger partial charge in [0.2, 0.25) is 0 Å². The van der Waals surface area contributed by atoms with Gasteiger partial charge in [-0.3, -0.25) is 14.5 Å². The maximum Gasteiger partial charge on any atom is 0.319 e. The molecule has 4 bridgehead atoms. The Bertz CT molecular complexity index is 1110. The van der Waals surface area contributed by atoms with E-state index in [2.05, 4.69) is 9.88 Å². The van der Waals surface area contributed by atoms with Gasteiger partial charge >= 0.3 is 11.9 Å². The van der Waals surface area contributed by atoms with Crippen molar-refractivity contribution >= 4 is 22.8 Å². The van der Waals surface area contributed by atoms with Crippen LogP contribution in [0.2, 0.25) is 0 Å². The molecular weight excluding hydrogens is 436 g/mol. The number of rotatable bonds is 7. The summed E-state index contributed by atoms with van der Waals surface area (Å²) >= 11 is 0. The van der Waals surface area contributed by atoms with Crippen LogP contribution in [0.15, 0.2) is 12.1 Å². The van der Waals surface area contributed by atoms with Crippen molar-refractivity contribution in [2.75, 3.05) is 40.5 Å². The van der Waals surface area contributed by atoms with E-state index in [0.29, 0.717) is 30.6 Å². The number of hydrogen-bond donors (Lipinski definition) is 1. The third kappa shape index (κ3) is 3.45. The lowest BCUT2D eigenvalue weighted by atomic mass is 9.56. The van der Waals surface area contributed by atoms with Gasteiger partial charge in [0.25, 0.3) is 0 Å². The van der Waals surface area contributed by atoms with Crippen molar-refractivity contribution in [1.82, 2.24) is 9.88 Å². The standard InChI is InChI=1S/C26H34N2O6/c1-5-33-25(30)26-13-16-10-17(7-9-34-15(2)29)24(26)28(14-16)8-6-18-19-11-21(31-3)22(32-4)12-20(19)27-23(18)26/h11-12,16-17,24,27H,5-10,13-14H2,1-4H3/t16-,17?,24?,26?/m0/s1. The summed E-state index contributed by atoms with van der Waals surface area (Å²) < 4.78 is 22.2. The van der Waals surface area contributed by atoms with Gasteiger partial charge in [0.05, 0.1) is 27.4 Å². The van der Waals surface area contributed by atoms with Gasteiger partial charge in [-0.05, 0) is 56.1 Å². The fourth-order valence-electron chi connectivity index (χ4n) is 6.96. The highest BCUT2D eigenvalue weighted by Crippen LogP contribution is 2.55. The van der Waals surface area contributed by atoms with Crippen molar-refractivity contribution < 1.29 is 28.5 Å². The number of piperidine rings is 2. The fraction of sp³-hybridized carbons (Fsp3) is 0.615. The van der Waals surface area contributed by atoms with Crippen molar-refractivity contribution in [2.45, 2.75) is 51.0 Å². The van der Waals surface area contributed by atoms with Gasteiger partial charge in [-0.25, -0.2) is 0 Å². The SMILES string of the molecule is CCOC(=O)C12C[C@@H]3CC(CCOC(C)=O)C1N(CCc1c2[nH]c2cc(OC)c(OC)cc12)C3. The first-order valence-electron chi connectivity index (χ1n) is 12.2. The number of ether oxygens (including phenoxy) is 4. The molecular formula is C26H34N2O6. The van der Waals surface area contributed by atoms with Crippen molar-refractivity contribution in [3.05, 3.63) is 23.4 Å². The zero-order valence-corrected chi connectivity index (χ0v) is 20.4. The molecule has 2 saturated heterocycles. The summed E-state index contributed by atoms with van der Waals surface area (Å²) in [5.41, 5.74) is 2.31. The van der Waals surface area contributed by atoms with Gasteiger partial charge in [0.1, 0.15) is 5.41 Å². The number of aromatic nitrogens is 1. The molecule has 4 aliphatic rings. The van der Waals surface area contributed by atoms with Crippen LogP contribution >= 0.6 is 0 Å². The van der Waals surface area contributed by atoms with E-state index in [-0.39, 0.29) is 23.9 Å². The second-order valence-electron chi connectivity index (χ2n) is 9.81. The highest BCUT2D eigenvalue weighted by atomic mass is 16.5. The molecule has 1 aliphatic carbocycles. The molecule has 2 aromatic rings. The number of nitrogens with zero attached hydrogens (tertiary/aromatic N) is 1. The summed E-state index contributed by atoms with van der Waals surface area (Å²) in [6, 6.07) is 3.98. The summed E-state index contributed by atoms with van der Waals surface area (Å²) in [5, 5.41) is 1.07. The van der Waals surface area contributed by atoms with E-state index in [0.717, 1.165) is 60.9 Å². The molecule has 8 heteroatoms. The lowest BCUT2D eigenvalue weighted by Crippen LogP contribution is -2.67. The first-order valence-corrected chi connectivity index (χ1v) is 12.2. The van der Waals surface area contributed by atoms with Crippen molar-refractivity contribution in [1.29, 1.82) is 0 Å². The van der Waals surface area contributed by atoms with Crippen LogP contribution in [-0.4, -0.2) is 68.4 Å². The van der Waals surface area contributed by atoms with Crippen LogP contribution in [-0.2, 0) is 30.9 Å². The van der Waals surface area contributed by atoms with Crippen LogP contribution in [0.3, 0.4) is 0 Å². The molecule has 3 fully saturated rings. The highest BCUT2D eigenvalue weighted by Gasteiger charge is 2.63. The Kier molecular flexibility index (Phi) is 5.96. The Morgan fingerprint density at radius 2 is 1.94 bits per heavy atom. The van der Waals surface area contributed by atoms with E-state index in [4.69, 9.17) is 18.9 Å². The Morgan fingerprint density at radius 1 is 1.18 bits per heavy atom. The van der Waals surface area contributed by atoms with Crippen LogP contribution in [0.5, 0.6) is 11.5 Å². The number of benzene rings is 1. The maximum absolute atomic E-state index is 13.9. The lowest BCUT2D eigenvalue weighted by Gasteiger charge is -2.58. The van der Waals surface area contributed by atoms with Gasteiger partial charge in [-0.15, -0.1) is 0 Å². The monoisotopic (exact) mass is 470 g/mol. The van der Waals surface area contributed by atoms with E-state index < -0.39 is 5.41 Å². The topological polar surface area (TPSA) is 90.1 Å². The number of nitrogens with one attached hydrogen (secondary N) is 1. The number of carbonyl (C=O) groups excluding carboxylic acids is 2.